The van der Waals surface area contributed by atoms with Gasteiger partial charge in [-0.05, 0) is 86.4 Å². The van der Waals surface area contributed by atoms with Crippen LogP contribution in [0.25, 0.3) is 17.2 Å². The Morgan fingerprint density at radius 3 is 2.52 bits per heavy atom. The molecule has 0 aromatic heterocycles. The predicted octanol–water partition coefficient (Wildman–Crippen LogP) is 7.74. The summed E-state index contributed by atoms with van der Waals surface area (Å²) in [6.45, 7) is 10.9. The molecule has 2 atom stereocenters. The van der Waals surface area contributed by atoms with Crippen LogP contribution in [0.1, 0.15) is 42.0 Å². The van der Waals surface area contributed by atoms with Crippen LogP contribution >= 0.6 is 22.6 Å². The lowest BCUT2D eigenvalue weighted by Gasteiger charge is -2.29. The lowest BCUT2D eigenvalue weighted by Crippen LogP contribution is -2.24. The maximum absolute atomic E-state index is 3.96. The van der Waals surface area contributed by atoms with Gasteiger partial charge < -0.3 is 0 Å². The number of benzene rings is 2. The third-order valence-electron chi connectivity index (χ3n) is 6.13. The summed E-state index contributed by atoms with van der Waals surface area (Å²) in [6, 6.07) is 13.8. The Bertz CT molecular complexity index is 1000. The summed E-state index contributed by atoms with van der Waals surface area (Å²) in [7, 11) is 0. The predicted molar refractivity (Wildman–Crippen MR) is 126 cm³/mol. The van der Waals surface area contributed by atoms with E-state index in [-0.39, 0.29) is 5.41 Å². The summed E-state index contributed by atoms with van der Waals surface area (Å²) in [5.74, 6) is 1.07. The van der Waals surface area contributed by atoms with Gasteiger partial charge in [-0.2, -0.15) is 0 Å². The molecular weight excluding hydrogens is 439 g/mol. The zero-order valence-corrected chi connectivity index (χ0v) is 18.3. The Kier molecular flexibility index (Phi) is 4.75. The Morgan fingerprint density at radius 2 is 1.74 bits per heavy atom. The third kappa shape index (κ3) is 3.27. The molecule has 2 unspecified atom stereocenters. The number of hydrogen-bond donors (Lipinski definition) is 0. The van der Waals surface area contributed by atoms with E-state index >= 15 is 0 Å². The van der Waals surface area contributed by atoms with Gasteiger partial charge in [-0.3, -0.25) is 0 Å². The van der Waals surface area contributed by atoms with Crippen molar-refractivity contribution in [2.75, 3.05) is 0 Å². The van der Waals surface area contributed by atoms with Crippen molar-refractivity contribution in [2.45, 2.75) is 32.1 Å². The molecular formula is C26H25I. The van der Waals surface area contributed by atoms with E-state index in [9.17, 15) is 0 Å². The van der Waals surface area contributed by atoms with Crippen LogP contribution in [0.5, 0.6) is 0 Å². The lowest BCUT2D eigenvalue weighted by molar-refractivity contribution is 0.394. The third-order valence-corrected chi connectivity index (χ3v) is 6.49. The van der Waals surface area contributed by atoms with Gasteiger partial charge in [0.15, 0.2) is 0 Å². The van der Waals surface area contributed by atoms with E-state index in [1.54, 1.807) is 0 Å². The van der Waals surface area contributed by atoms with E-state index in [0.717, 1.165) is 3.58 Å². The first-order chi connectivity index (χ1) is 12.9. The molecule has 0 nitrogen and oxygen atoms in total. The van der Waals surface area contributed by atoms with Crippen molar-refractivity contribution >= 4 is 28.7 Å². The fourth-order valence-corrected chi connectivity index (χ4v) is 4.72. The summed E-state index contributed by atoms with van der Waals surface area (Å²) in [4.78, 5) is 0. The van der Waals surface area contributed by atoms with Gasteiger partial charge in [-0.15, -0.1) is 0 Å². The van der Waals surface area contributed by atoms with Gasteiger partial charge in [0.25, 0.3) is 0 Å². The van der Waals surface area contributed by atoms with Gasteiger partial charge in [-0.25, -0.2) is 0 Å². The molecule has 0 amide bonds. The van der Waals surface area contributed by atoms with Crippen LogP contribution in [0.3, 0.4) is 0 Å². The van der Waals surface area contributed by atoms with Crippen LogP contribution in [0.2, 0.25) is 0 Å². The monoisotopic (exact) mass is 464 g/mol. The molecule has 0 fully saturated rings. The highest BCUT2D eigenvalue weighted by molar-refractivity contribution is 14.1. The minimum Gasteiger partial charge on any atom is -0.0856 e. The fourth-order valence-electron chi connectivity index (χ4n) is 4.54. The summed E-state index contributed by atoms with van der Waals surface area (Å²) in [5, 5.41) is 0. The molecule has 2 aromatic carbocycles. The molecule has 0 bridgehead atoms. The van der Waals surface area contributed by atoms with Crippen LogP contribution < -0.4 is 0 Å². The van der Waals surface area contributed by atoms with E-state index < -0.39 is 0 Å². The first-order valence-electron chi connectivity index (χ1n) is 9.51. The normalized spacial score (nSPS) is 22.1. The fraction of sp³-hybridized carbons (Fsp3) is 0.231. The largest absolute Gasteiger partial charge is 0.0856 e. The molecule has 0 N–H and O–H groups in total. The standard InChI is InChI=1S/C26H25I/c1-17-9-11-20(15-19(17)12-10-18(2)27)21-13-14-23-22-7-5-6-8-24(22)26(3,4)25(23)16-21/h5-16,22,24H,2H2,1,3-4H3/b12-10-. The lowest BCUT2D eigenvalue weighted by atomic mass is 9.74. The van der Waals surface area contributed by atoms with Gasteiger partial charge >= 0.3 is 0 Å². The smallest absolute Gasteiger partial charge is 0.00953 e. The van der Waals surface area contributed by atoms with Crippen molar-refractivity contribution in [3.63, 3.8) is 0 Å². The molecule has 2 aromatic rings. The quantitative estimate of drug-likeness (QED) is 0.322. The molecule has 0 radical (unpaired) electrons. The summed E-state index contributed by atoms with van der Waals surface area (Å²) in [5.41, 5.74) is 8.26. The Labute approximate surface area is 176 Å². The number of halogens is 1. The van der Waals surface area contributed by atoms with Gasteiger partial charge in [0.1, 0.15) is 0 Å². The molecule has 0 saturated carbocycles. The molecule has 0 spiro atoms. The van der Waals surface area contributed by atoms with Crippen molar-refractivity contribution in [2.24, 2.45) is 5.92 Å². The average molecular weight is 464 g/mol. The van der Waals surface area contributed by atoms with E-state index in [1.807, 2.05) is 0 Å². The van der Waals surface area contributed by atoms with Crippen LogP contribution in [0.15, 0.2) is 76.9 Å². The van der Waals surface area contributed by atoms with Crippen molar-refractivity contribution in [3.05, 3.63) is 99.2 Å². The molecule has 0 aliphatic heterocycles. The van der Waals surface area contributed by atoms with Crippen molar-refractivity contribution < 1.29 is 0 Å². The summed E-state index contributed by atoms with van der Waals surface area (Å²) >= 11 is 2.25. The second-order valence-corrected chi connectivity index (χ2v) is 9.58. The molecule has 4 rings (SSSR count). The molecule has 0 saturated heterocycles. The molecule has 1 heteroatoms. The van der Waals surface area contributed by atoms with E-state index in [4.69, 9.17) is 0 Å². The minimum atomic E-state index is 0.156. The minimum absolute atomic E-state index is 0.156. The van der Waals surface area contributed by atoms with Crippen molar-refractivity contribution in [1.82, 2.24) is 0 Å². The molecule has 0 heterocycles. The maximum atomic E-state index is 3.96. The SMILES string of the molecule is C=C(I)/C=C\c1cc(-c2ccc3c(c2)C(C)(C)C2C=CC=CC32)ccc1C. The highest BCUT2D eigenvalue weighted by atomic mass is 127. The zero-order valence-electron chi connectivity index (χ0n) is 16.2. The number of rotatable bonds is 3. The first kappa shape index (κ1) is 18.5. The summed E-state index contributed by atoms with van der Waals surface area (Å²) < 4.78 is 1.04. The molecule has 27 heavy (non-hydrogen) atoms. The van der Waals surface area contributed by atoms with Crippen molar-refractivity contribution in [3.8, 4) is 11.1 Å². The van der Waals surface area contributed by atoms with Gasteiger partial charge in [0, 0.05) is 9.50 Å². The average Bonchev–Trinajstić information content (AvgIpc) is 2.89. The zero-order chi connectivity index (χ0) is 19.2. The van der Waals surface area contributed by atoms with E-state index in [0.29, 0.717) is 11.8 Å². The number of fused-ring (bicyclic) bond motifs is 3. The number of aryl methyl sites for hydroxylation is 1. The highest BCUT2D eigenvalue weighted by Crippen LogP contribution is 2.53. The second kappa shape index (κ2) is 6.94. The maximum Gasteiger partial charge on any atom is 0.00953 e. The van der Waals surface area contributed by atoms with Gasteiger partial charge in [0.2, 0.25) is 0 Å². The van der Waals surface area contributed by atoms with Crippen LogP contribution in [0.4, 0.5) is 0 Å². The van der Waals surface area contributed by atoms with Crippen LogP contribution in [0, 0.1) is 12.8 Å². The van der Waals surface area contributed by atoms with Crippen LogP contribution in [-0.2, 0) is 5.41 Å². The topological polar surface area (TPSA) is 0 Å². The molecule has 2 aliphatic rings. The molecule has 136 valence electrons. The molecule has 2 aliphatic carbocycles. The number of allylic oxidation sites excluding steroid dienone is 6. The van der Waals surface area contributed by atoms with Gasteiger partial charge in [0.05, 0.1) is 0 Å². The Morgan fingerprint density at radius 1 is 1.04 bits per heavy atom. The van der Waals surface area contributed by atoms with Gasteiger partial charge in [-0.1, -0.05) is 81.1 Å². The van der Waals surface area contributed by atoms with Crippen LogP contribution in [-0.4, -0.2) is 0 Å². The highest BCUT2D eigenvalue weighted by Gasteiger charge is 2.44. The second-order valence-electron chi connectivity index (χ2n) is 8.20. The first-order valence-corrected chi connectivity index (χ1v) is 10.6. The van der Waals surface area contributed by atoms with Crippen molar-refractivity contribution in [1.29, 1.82) is 0 Å². The Balaban J connectivity index is 1.78. The van der Waals surface area contributed by atoms with E-state index in [1.165, 1.54) is 33.4 Å². The Hall–Kier alpha value is -1.87. The van der Waals surface area contributed by atoms with E-state index in [2.05, 4.69) is 123 Å². The number of hydrogen-bond acceptors (Lipinski definition) is 0. The summed E-state index contributed by atoms with van der Waals surface area (Å²) in [6.07, 6.45) is 13.4.